The maximum atomic E-state index is 11.7. The molecule has 2 unspecified atom stereocenters. The third kappa shape index (κ3) is 5.21. The van der Waals surface area contributed by atoms with Crippen molar-refractivity contribution in [2.45, 2.75) is 31.4 Å². The molecule has 2 heterocycles. The standard InChI is InChI=1S/C19H25N3O5/c23-18(24)14(15-12-22-16-5-2-1-4-13(15)16)7-10-26-11-9-21-19(25)27-17-6-3-8-20-17/h1-2,4-5,12,14,17,20,22H,3,6-11H2,(H,21,25)(H,23,24). The summed E-state index contributed by atoms with van der Waals surface area (Å²) in [4.78, 5) is 26.4. The minimum atomic E-state index is -0.880. The van der Waals surface area contributed by atoms with E-state index in [1.54, 1.807) is 6.20 Å². The van der Waals surface area contributed by atoms with Crippen LogP contribution in [0.1, 0.15) is 30.7 Å². The van der Waals surface area contributed by atoms with E-state index in [-0.39, 0.29) is 12.8 Å². The summed E-state index contributed by atoms with van der Waals surface area (Å²) in [6, 6.07) is 7.62. The lowest BCUT2D eigenvalue weighted by Gasteiger charge is -2.14. The van der Waals surface area contributed by atoms with Crippen molar-refractivity contribution >= 4 is 23.0 Å². The SMILES string of the molecule is O=C(NCCOCCC(C(=O)O)c1c[nH]c2ccccc12)OC1CCCN1. The van der Waals surface area contributed by atoms with Crippen LogP contribution in [-0.4, -0.2) is 54.7 Å². The van der Waals surface area contributed by atoms with Gasteiger partial charge in [0.2, 0.25) is 0 Å². The van der Waals surface area contributed by atoms with Crippen molar-refractivity contribution in [2.75, 3.05) is 26.3 Å². The number of rotatable bonds is 9. The van der Waals surface area contributed by atoms with Gasteiger partial charge < -0.3 is 24.9 Å². The molecule has 1 aliphatic heterocycles. The van der Waals surface area contributed by atoms with Crippen LogP contribution in [0.25, 0.3) is 10.9 Å². The molecule has 1 aromatic carbocycles. The van der Waals surface area contributed by atoms with E-state index in [1.165, 1.54) is 0 Å². The van der Waals surface area contributed by atoms with E-state index in [1.807, 2.05) is 24.3 Å². The molecule has 4 N–H and O–H groups in total. The number of benzene rings is 1. The minimum absolute atomic E-state index is 0.210. The second kappa shape index (κ2) is 9.38. The zero-order chi connectivity index (χ0) is 19.1. The minimum Gasteiger partial charge on any atom is -0.481 e. The molecule has 0 spiro atoms. The third-order valence-corrected chi connectivity index (χ3v) is 4.63. The van der Waals surface area contributed by atoms with Crippen LogP contribution in [0.5, 0.6) is 0 Å². The van der Waals surface area contributed by atoms with Gasteiger partial charge in [-0.3, -0.25) is 10.1 Å². The lowest BCUT2D eigenvalue weighted by molar-refractivity contribution is -0.139. The number of aromatic nitrogens is 1. The second-order valence-electron chi connectivity index (χ2n) is 6.50. The number of ether oxygens (including phenoxy) is 2. The highest BCUT2D eigenvalue weighted by Crippen LogP contribution is 2.28. The van der Waals surface area contributed by atoms with Crippen LogP contribution in [0.4, 0.5) is 4.79 Å². The Morgan fingerprint density at radius 1 is 1.30 bits per heavy atom. The van der Waals surface area contributed by atoms with E-state index in [4.69, 9.17) is 9.47 Å². The molecule has 1 fully saturated rings. The number of fused-ring (bicyclic) bond motifs is 1. The fourth-order valence-electron chi connectivity index (χ4n) is 3.25. The molecule has 1 aromatic heterocycles. The molecule has 0 radical (unpaired) electrons. The number of amides is 1. The maximum Gasteiger partial charge on any atom is 0.408 e. The largest absolute Gasteiger partial charge is 0.481 e. The average molecular weight is 375 g/mol. The zero-order valence-corrected chi connectivity index (χ0v) is 15.1. The highest BCUT2D eigenvalue weighted by Gasteiger charge is 2.23. The number of alkyl carbamates (subject to hydrolysis) is 1. The number of para-hydroxylation sites is 1. The molecular weight excluding hydrogens is 350 g/mol. The Kier molecular flexibility index (Phi) is 6.67. The smallest absolute Gasteiger partial charge is 0.408 e. The molecule has 27 heavy (non-hydrogen) atoms. The Labute approximate surface area is 157 Å². The van der Waals surface area contributed by atoms with Gasteiger partial charge in [0.25, 0.3) is 0 Å². The van der Waals surface area contributed by atoms with Gasteiger partial charge in [-0.1, -0.05) is 18.2 Å². The fraction of sp³-hybridized carbons (Fsp3) is 0.474. The van der Waals surface area contributed by atoms with Crippen LogP contribution in [0.2, 0.25) is 0 Å². The van der Waals surface area contributed by atoms with E-state index in [0.29, 0.717) is 19.6 Å². The van der Waals surface area contributed by atoms with Gasteiger partial charge in [0, 0.05) is 30.3 Å². The van der Waals surface area contributed by atoms with Crippen molar-refractivity contribution in [1.29, 1.82) is 0 Å². The molecule has 2 aromatic rings. The van der Waals surface area contributed by atoms with Gasteiger partial charge in [-0.05, 0) is 37.4 Å². The third-order valence-electron chi connectivity index (χ3n) is 4.63. The van der Waals surface area contributed by atoms with Crippen molar-refractivity contribution < 1.29 is 24.2 Å². The van der Waals surface area contributed by atoms with Crippen LogP contribution < -0.4 is 10.6 Å². The molecule has 3 rings (SSSR count). The first kappa shape index (κ1) is 19.2. The summed E-state index contributed by atoms with van der Waals surface area (Å²) in [6.07, 6.45) is 3.25. The molecule has 0 aliphatic carbocycles. The van der Waals surface area contributed by atoms with Crippen molar-refractivity contribution in [3.05, 3.63) is 36.0 Å². The van der Waals surface area contributed by atoms with Gasteiger partial charge in [0.05, 0.1) is 12.5 Å². The summed E-state index contributed by atoms with van der Waals surface area (Å²) >= 11 is 0. The van der Waals surface area contributed by atoms with Gasteiger partial charge in [-0.15, -0.1) is 0 Å². The first-order valence-corrected chi connectivity index (χ1v) is 9.19. The van der Waals surface area contributed by atoms with E-state index in [2.05, 4.69) is 15.6 Å². The van der Waals surface area contributed by atoms with E-state index in [0.717, 1.165) is 35.9 Å². The summed E-state index contributed by atoms with van der Waals surface area (Å²) in [5, 5.41) is 16.2. The highest BCUT2D eigenvalue weighted by molar-refractivity contribution is 5.89. The molecule has 0 saturated carbocycles. The number of hydrogen-bond acceptors (Lipinski definition) is 5. The predicted molar refractivity (Wildman–Crippen MR) is 99.6 cm³/mol. The summed E-state index contributed by atoms with van der Waals surface area (Å²) in [7, 11) is 0. The Balaban J connectivity index is 1.39. The van der Waals surface area contributed by atoms with Crippen LogP contribution in [0.3, 0.4) is 0 Å². The fourth-order valence-corrected chi connectivity index (χ4v) is 3.25. The quantitative estimate of drug-likeness (QED) is 0.500. The Morgan fingerprint density at radius 3 is 2.93 bits per heavy atom. The molecular formula is C19H25N3O5. The average Bonchev–Trinajstić information content (AvgIpc) is 3.30. The molecule has 2 atom stereocenters. The molecule has 1 amide bonds. The topological polar surface area (TPSA) is 113 Å². The van der Waals surface area contributed by atoms with Crippen molar-refractivity contribution in [3.63, 3.8) is 0 Å². The van der Waals surface area contributed by atoms with Gasteiger partial charge >= 0.3 is 12.1 Å². The number of aromatic amines is 1. The lowest BCUT2D eigenvalue weighted by atomic mass is 9.96. The predicted octanol–water partition coefficient (Wildman–Crippen LogP) is 2.18. The molecule has 8 nitrogen and oxygen atoms in total. The summed E-state index contributed by atoms with van der Waals surface area (Å²) in [5.74, 6) is -1.53. The van der Waals surface area contributed by atoms with Crippen LogP contribution in [0, 0.1) is 0 Å². The van der Waals surface area contributed by atoms with Crippen molar-refractivity contribution in [2.24, 2.45) is 0 Å². The number of carboxylic acid groups (broad SMARTS) is 1. The number of H-pyrrole nitrogens is 1. The van der Waals surface area contributed by atoms with Crippen molar-refractivity contribution in [3.8, 4) is 0 Å². The maximum absolute atomic E-state index is 11.7. The van der Waals surface area contributed by atoms with Gasteiger partial charge in [0.15, 0.2) is 6.23 Å². The Morgan fingerprint density at radius 2 is 2.15 bits per heavy atom. The van der Waals surface area contributed by atoms with E-state index in [9.17, 15) is 14.7 Å². The van der Waals surface area contributed by atoms with Crippen molar-refractivity contribution in [1.82, 2.24) is 15.6 Å². The summed E-state index contributed by atoms with van der Waals surface area (Å²) in [5.41, 5.74) is 1.67. The molecule has 8 heteroatoms. The normalized spacial score (nSPS) is 17.7. The first-order valence-electron chi connectivity index (χ1n) is 9.19. The molecule has 146 valence electrons. The molecule has 1 saturated heterocycles. The number of carbonyl (C=O) groups is 2. The zero-order valence-electron chi connectivity index (χ0n) is 15.1. The number of nitrogens with one attached hydrogen (secondary N) is 3. The van der Waals surface area contributed by atoms with E-state index >= 15 is 0 Å². The van der Waals surface area contributed by atoms with E-state index < -0.39 is 18.0 Å². The van der Waals surface area contributed by atoms with Crippen LogP contribution in [0.15, 0.2) is 30.5 Å². The Hall–Kier alpha value is -2.58. The lowest BCUT2D eigenvalue weighted by Crippen LogP contribution is -2.35. The van der Waals surface area contributed by atoms with Crippen LogP contribution >= 0.6 is 0 Å². The summed E-state index contributed by atoms with van der Waals surface area (Å²) < 4.78 is 10.7. The van der Waals surface area contributed by atoms with Gasteiger partial charge in [-0.2, -0.15) is 0 Å². The number of hydrogen-bond donors (Lipinski definition) is 4. The summed E-state index contributed by atoms with van der Waals surface area (Å²) in [6.45, 7) is 1.77. The van der Waals surface area contributed by atoms with Crippen LogP contribution in [-0.2, 0) is 14.3 Å². The molecule has 1 aliphatic rings. The first-order chi connectivity index (χ1) is 13.1. The number of carboxylic acids is 1. The Bertz CT molecular complexity index is 770. The van der Waals surface area contributed by atoms with Gasteiger partial charge in [-0.25, -0.2) is 4.79 Å². The van der Waals surface area contributed by atoms with Gasteiger partial charge in [0.1, 0.15) is 0 Å². The number of carbonyl (C=O) groups excluding carboxylic acids is 1. The number of aliphatic carboxylic acids is 1. The second-order valence-corrected chi connectivity index (χ2v) is 6.50. The molecule has 0 bridgehead atoms. The highest BCUT2D eigenvalue weighted by atomic mass is 16.6. The monoisotopic (exact) mass is 375 g/mol.